The van der Waals surface area contributed by atoms with Crippen LogP contribution in [0.15, 0.2) is 71.2 Å². The molecule has 0 bridgehead atoms. The summed E-state index contributed by atoms with van der Waals surface area (Å²) in [6, 6.07) is 19.2. The number of anilines is 2. The summed E-state index contributed by atoms with van der Waals surface area (Å²) in [6.07, 6.45) is 0. The monoisotopic (exact) mass is 538 g/mol. The van der Waals surface area contributed by atoms with Crippen molar-refractivity contribution in [2.24, 2.45) is 0 Å². The van der Waals surface area contributed by atoms with Gasteiger partial charge in [0.05, 0.1) is 5.52 Å². The van der Waals surface area contributed by atoms with E-state index in [0.717, 1.165) is 15.6 Å². The number of hydrogen-bond acceptors (Lipinski definition) is 3. The van der Waals surface area contributed by atoms with Gasteiger partial charge in [-0.05, 0) is 67.4 Å². The van der Waals surface area contributed by atoms with Gasteiger partial charge in [-0.3, -0.25) is 19.8 Å². The molecule has 34 heavy (non-hydrogen) atoms. The minimum Gasteiger partial charge on any atom is -0.320 e. The fourth-order valence-corrected chi connectivity index (χ4v) is 4.14. The minimum atomic E-state index is -0.943. The molecule has 3 aromatic carbocycles. The third kappa shape index (κ3) is 4.98. The van der Waals surface area contributed by atoms with E-state index in [0.29, 0.717) is 27.3 Å². The van der Waals surface area contributed by atoms with Crippen molar-refractivity contribution in [3.63, 3.8) is 0 Å². The van der Waals surface area contributed by atoms with Crippen LogP contribution >= 0.6 is 27.5 Å². The smallest absolute Gasteiger partial charge is 0.320 e. The van der Waals surface area contributed by atoms with Crippen LogP contribution in [0, 0.1) is 13.8 Å². The van der Waals surface area contributed by atoms with E-state index in [9.17, 15) is 14.4 Å². The first-order valence-corrected chi connectivity index (χ1v) is 11.5. The highest BCUT2D eigenvalue weighted by Gasteiger charge is 2.22. The lowest BCUT2D eigenvalue weighted by atomic mass is 10.1. The van der Waals surface area contributed by atoms with Crippen LogP contribution < -0.4 is 16.1 Å². The third-order valence-corrected chi connectivity index (χ3v) is 5.95. The number of aryl methyl sites for hydroxylation is 2. The normalized spacial score (nSPS) is 10.7. The van der Waals surface area contributed by atoms with Gasteiger partial charge in [0.2, 0.25) is 0 Å². The zero-order chi connectivity index (χ0) is 24.4. The number of carbonyl (C=O) groups is 3. The van der Waals surface area contributed by atoms with Crippen LogP contribution in [-0.4, -0.2) is 22.4 Å². The molecule has 0 radical (unpaired) electrons. The quantitative estimate of drug-likeness (QED) is 0.293. The molecule has 9 heteroatoms. The predicted molar refractivity (Wildman–Crippen MR) is 138 cm³/mol. The molecule has 7 nitrogen and oxygen atoms in total. The molecule has 0 saturated carbocycles. The average Bonchev–Trinajstić information content (AvgIpc) is 3.13. The third-order valence-electron chi connectivity index (χ3n) is 5.22. The molecular formula is C25H20BrClN4O3. The van der Waals surface area contributed by atoms with E-state index in [-0.39, 0.29) is 5.69 Å². The maximum absolute atomic E-state index is 13.3. The highest BCUT2D eigenvalue weighted by molar-refractivity contribution is 9.10. The summed E-state index contributed by atoms with van der Waals surface area (Å²) in [5.74, 6) is -2.27. The van der Waals surface area contributed by atoms with Gasteiger partial charge in [-0.15, -0.1) is 0 Å². The highest BCUT2D eigenvalue weighted by Crippen LogP contribution is 2.25. The van der Waals surface area contributed by atoms with Crippen molar-refractivity contribution in [1.82, 2.24) is 4.68 Å². The standard InChI is InChI=1S/C25H20BrClN4O3/c1-14-5-3-6-15(2)22(14)29-23(32)21-12-16-11-17(26)9-10-20(16)31(21)30-25(34)24(33)28-19-8-4-7-18(27)13-19/h3-13H,1-2H3,(H,28,33)(H,29,32)(H,30,34). The Kier molecular flexibility index (Phi) is 6.72. The van der Waals surface area contributed by atoms with E-state index in [4.69, 9.17) is 11.6 Å². The molecule has 0 fully saturated rings. The topological polar surface area (TPSA) is 92.2 Å². The van der Waals surface area contributed by atoms with E-state index in [1.165, 1.54) is 10.7 Å². The van der Waals surface area contributed by atoms with Gasteiger partial charge in [0, 0.05) is 26.3 Å². The van der Waals surface area contributed by atoms with Gasteiger partial charge in [-0.2, -0.15) is 0 Å². The Hall–Kier alpha value is -3.62. The summed E-state index contributed by atoms with van der Waals surface area (Å²) < 4.78 is 2.12. The summed E-state index contributed by atoms with van der Waals surface area (Å²) in [5, 5.41) is 6.55. The highest BCUT2D eigenvalue weighted by atomic mass is 79.9. The van der Waals surface area contributed by atoms with E-state index >= 15 is 0 Å². The number of carbonyl (C=O) groups excluding carboxylic acids is 3. The fraction of sp³-hybridized carbons (Fsp3) is 0.0800. The van der Waals surface area contributed by atoms with E-state index in [1.54, 1.807) is 36.4 Å². The Morgan fingerprint density at radius 1 is 0.853 bits per heavy atom. The number of nitrogens with zero attached hydrogens (tertiary/aromatic N) is 1. The lowest BCUT2D eigenvalue weighted by Crippen LogP contribution is -2.36. The van der Waals surface area contributed by atoms with Crippen LogP contribution in [0.2, 0.25) is 5.02 Å². The second kappa shape index (κ2) is 9.70. The van der Waals surface area contributed by atoms with E-state index in [2.05, 4.69) is 32.0 Å². The van der Waals surface area contributed by atoms with Crippen LogP contribution in [0.4, 0.5) is 11.4 Å². The van der Waals surface area contributed by atoms with Gasteiger partial charge in [0.25, 0.3) is 5.91 Å². The lowest BCUT2D eigenvalue weighted by Gasteiger charge is -2.14. The second-order valence-electron chi connectivity index (χ2n) is 7.69. The second-order valence-corrected chi connectivity index (χ2v) is 9.05. The number of rotatable bonds is 4. The van der Waals surface area contributed by atoms with E-state index in [1.807, 2.05) is 38.1 Å². The first-order chi connectivity index (χ1) is 16.2. The van der Waals surface area contributed by atoms with Gasteiger partial charge < -0.3 is 10.6 Å². The number of nitrogens with one attached hydrogen (secondary N) is 3. The number of fused-ring (bicyclic) bond motifs is 1. The molecule has 0 atom stereocenters. The molecule has 0 unspecified atom stereocenters. The number of benzene rings is 3. The Morgan fingerprint density at radius 3 is 2.26 bits per heavy atom. The van der Waals surface area contributed by atoms with Crippen LogP contribution in [0.5, 0.6) is 0 Å². The van der Waals surface area contributed by atoms with Crippen LogP contribution in [0.1, 0.15) is 21.6 Å². The van der Waals surface area contributed by atoms with Crippen molar-refractivity contribution >= 4 is 67.5 Å². The summed E-state index contributed by atoms with van der Waals surface area (Å²) in [6.45, 7) is 3.80. The molecule has 0 aliphatic carbocycles. The number of halogens is 2. The lowest BCUT2D eigenvalue weighted by molar-refractivity contribution is -0.133. The van der Waals surface area contributed by atoms with Crippen molar-refractivity contribution in [3.8, 4) is 0 Å². The predicted octanol–water partition coefficient (Wildman–Crippen LogP) is 5.64. The Balaban J connectivity index is 1.66. The number of hydrogen-bond donors (Lipinski definition) is 3. The van der Waals surface area contributed by atoms with Crippen molar-refractivity contribution < 1.29 is 14.4 Å². The van der Waals surface area contributed by atoms with Crippen molar-refractivity contribution in [2.45, 2.75) is 13.8 Å². The van der Waals surface area contributed by atoms with Gasteiger partial charge in [-0.25, -0.2) is 4.68 Å². The molecule has 0 saturated heterocycles. The fourth-order valence-electron chi connectivity index (χ4n) is 3.57. The van der Waals surface area contributed by atoms with Gasteiger partial charge in [-0.1, -0.05) is 51.8 Å². The maximum Gasteiger partial charge on any atom is 0.328 e. The Morgan fingerprint density at radius 2 is 1.56 bits per heavy atom. The Labute approximate surface area is 209 Å². The molecule has 3 amide bonds. The summed E-state index contributed by atoms with van der Waals surface area (Å²) in [5.41, 5.74) is 6.14. The van der Waals surface area contributed by atoms with Gasteiger partial charge in [0.1, 0.15) is 5.69 Å². The molecule has 4 rings (SSSR count). The first kappa shape index (κ1) is 23.5. The number of para-hydroxylation sites is 1. The molecular weight excluding hydrogens is 520 g/mol. The number of aromatic nitrogens is 1. The van der Waals surface area contributed by atoms with E-state index < -0.39 is 17.7 Å². The molecule has 1 heterocycles. The van der Waals surface area contributed by atoms with Crippen LogP contribution in [-0.2, 0) is 9.59 Å². The zero-order valence-electron chi connectivity index (χ0n) is 18.3. The number of amides is 3. The first-order valence-electron chi connectivity index (χ1n) is 10.3. The molecule has 0 aliphatic heterocycles. The molecule has 4 aromatic rings. The van der Waals surface area contributed by atoms with Crippen molar-refractivity contribution in [2.75, 3.05) is 16.1 Å². The molecule has 0 aliphatic rings. The van der Waals surface area contributed by atoms with Crippen molar-refractivity contribution in [1.29, 1.82) is 0 Å². The molecule has 3 N–H and O–H groups in total. The maximum atomic E-state index is 13.3. The largest absolute Gasteiger partial charge is 0.328 e. The molecule has 1 aromatic heterocycles. The SMILES string of the molecule is Cc1cccc(C)c1NC(=O)c1cc2cc(Br)ccc2n1NC(=O)C(=O)Nc1cccc(Cl)c1. The zero-order valence-corrected chi connectivity index (χ0v) is 20.6. The van der Waals surface area contributed by atoms with Crippen LogP contribution in [0.25, 0.3) is 10.9 Å². The van der Waals surface area contributed by atoms with Gasteiger partial charge >= 0.3 is 11.8 Å². The minimum absolute atomic E-state index is 0.166. The summed E-state index contributed by atoms with van der Waals surface area (Å²) in [7, 11) is 0. The Bertz CT molecular complexity index is 1430. The molecule has 172 valence electrons. The summed E-state index contributed by atoms with van der Waals surface area (Å²) in [4.78, 5) is 38.5. The summed E-state index contributed by atoms with van der Waals surface area (Å²) >= 11 is 9.36. The van der Waals surface area contributed by atoms with Crippen molar-refractivity contribution in [3.05, 3.63) is 93.0 Å². The van der Waals surface area contributed by atoms with Gasteiger partial charge in [0.15, 0.2) is 0 Å². The molecule has 0 spiro atoms. The van der Waals surface area contributed by atoms with Crippen LogP contribution in [0.3, 0.4) is 0 Å². The average molecular weight is 540 g/mol.